The maximum absolute atomic E-state index is 14.6. The first kappa shape index (κ1) is 18.5. The number of primary sulfonamides is 1. The highest BCUT2D eigenvalue weighted by Crippen LogP contribution is 2.38. The van der Waals surface area contributed by atoms with Crippen LogP contribution in [0, 0.1) is 25.5 Å². The standard InChI is InChI=1S/C17H13ClF2N2O3S/c1-8-3-4-10(5-12(8)18)17-16(9(2)25-22-17)11-6-14(20)15(7-13(11)19)26(21,23)24/h3-7H,1-2H3,(H2,21,23,24). The Bertz CT molecular complexity index is 1130. The zero-order chi connectivity index (χ0) is 19.2. The van der Waals surface area contributed by atoms with Gasteiger partial charge in [0.1, 0.15) is 28.0 Å². The van der Waals surface area contributed by atoms with Crippen LogP contribution in [0.3, 0.4) is 0 Å². The molecule has 0 radical (unpaired) electrons. The van der Waals surface area contributed by atoms with Gasteiger partial charge in [0, 0.05) is 16.1 Å². The maximum atomic E-state index is 14.6. The van der Waals surface area contributed by atoms with Gasteiger partial charge in [0.05, 0.1) is 5.56 Å². The molecule has 0 spiro atoms. The molecule has 1 heterocycles. The molecular formula is C17H13ClF2N2O3S. The van der Waals surface area contributed by atoms with Crippen molar-refractivity contribution in [2.75, 3.05) is 0 Å². The lowest BCUT2D eigenvalue weighted by atomic mass is 9.98. The zero-order valence-electron chi connectivity index (χ0n) is 13.7. The molecule has 2 aromatic carbocycles. The number of benzene rings is 2. The summed E-state index contributed by atoms with van der Waals surface area (Å²) in [6.45, 7) is 3.36. The lowest BCUT2D eigenvalue weighted by Gasteiger charge is -2.08. The van der Waals surface area contributed by atoms with Crippen molar-refractivity contribution >= 4 is 21.6 Å². The van der Waals surface area contributed by atoms with Gasteiger partial charge in [0.25, 0.3) is 0 Å². The average Bonchev–Trinajstić information content (AvgIpc) is 2.92. The van der Waals surface area contributed by atoms with Crippen molar-refractivity contribution in [1.29, 1.82) is 0 Å². The van der Waals surface area contributed by atoms with Crippen molar-refractivity contribution in [1.82, 2.24) is 5.16 Å². The molecule has 0 aliphatic heterocycles. The van der Waals surface area contributed by atoms with Crippen molar-refractivity contribution in [3.63, 3.8) is 0 Å². The summed E-state index contributed by atoms with van der Waals surface area (Å²) in [7, 11) is -4.40. The minimum Gasteiger partial charge on any atom is -0.360 e. The predicted molar refractivity (Wildman–Crippen MR) is 93.1 cm³/mol. The van der Waals surface area contributed by atoms with E-state index in [1.807, 2.05) is 6.92 Å². The summed E-state index contributed by atoms with van der Waals surface area (Å²) in [5.41, 5.74) is 1.64. The molecule has 0 saturated carbocycles. The van der Waals surface area contributed by atoms with Crippen LogP contribution < -0.4 is 5.14 Å². The summed E-state index contributed by atoms with van der Waals surface area (Å²) >= 11 is 6.12. The van der Waals surface area contributed by atoms with Crippen LogP contribution in [0.4, 0.5) is 8.78 Å². The SMILES string of the molecule is Cc1ccc(-c2noc(C)c2-c2cc(F)c(S(N)(=O)=O)cc2F)cc1Cl. The van der Waals surface area contributed by atoms with Gasteiger partial charge in [-0.25, -0.2) is 22.3 Å². The van der Waals surface area contributed by atoms with Crippen molar-refractivity contribution in [2.24, 2.45) is 5.14 Å². The van der Waals surface area contributed by atoms with Crippen LogP contribution in [-0.4, -0.2) is 13.6 Å². The number of aryl methyl sites for hydroxylation is 2. The third kappa shape index (κ3) is 3.23. The summed E-state index contributed by atoms with van der Waals surface area (Å²) in [5.74, 6) is -1.91. The van der Waals surface area contributed by atoms with E-state index in [0.29, 0.717) is 16.7 Å². The molecule has 0 saturated heterocycles. The monoisotopic (exact) mass is 398 g/mol. The van der Waals surface area contributed by atoms with Gasteiger partial charge in [-0.05, 0) is 37.6 Å². The van der Waals surface area contributed by atoms with Crippen LogP contribution in [-0.2, 0) is 10.0 Å². The summed E-state index contributed by atoms with van der Waals surface area (Å²) in [6.07, 6.45) is 0. The number of halogens is 3. The van der Waals surface area contributed by atoms with Crippen LogP contribution in [0.25, 0.3) is 22.4 Å². The highest BCUT2D eigenvalue weighted by molar-refractivity contribution is 7.89. The summed E-state index contributed by atoms with van der Waals surface area (Å²) in [4.78, 5) is -0.923. The molecular weight excluding hydrogens is 386 g/mol. The smallest absolute Gasteiger partial charge is 0.241 e. The molecule has 0 amide bonds. The van der Waals surface area contributed by atoms with Crippen molar-refractivity contribution in [2.45, 2.75) is 18.7 Å². The fourth-order valence-corrected chi connectivity index (χ4v) is 3.34. The second-order valence-corrected chi connectivity index (χ2v) is 7.67. The second-order valence-electron chi connectivity index (χ2n) is 5.73. The Morgan fingerprint density at radius 1 is 1.12 bits per heavy atom. The number of aromatic nitrogens is 1. The minimum atomic E-state index is -4.40. The van der Waals surface area contributed by atoms with Crippen molar-refractivity contribution < 1.29 is 21.7 Å². The zero-order valence-corrected chi connectivity index (χ0v) is 15.3. The highest BCUT2D eigenvalue weighted by atomic mass is 35.5. The predicted octanol–water partition coefficient (Wildman–Crippen LogP) is 4.20. The summed E-state index contributed by atoms with van der Waals surface area (Å²) in [6, 6.07) is 6.40. The number of sulfonamides is 1. The van der Waals surface area contributed by atoms with Gasteiger partial charge in [-0.15, -0.1) is 0 Å². The van der Waals surface area contributed by atoms with E-state index < -0.39 is 26.6 Å². The summed E-state index contributed by atoms with van der Waals surface area (Å²) in [5, 5.41) is 9.28. The fraction of sp³-hybridized carbons (Fsp3) is 0.118. The molecule has 0 aliphatic carbocycles. The molecule has 136 valence electrons. The quantitative estimate of drug-likeness (QED) is 0.716. The van der Waals surface area contributed by atoms with Crippen LogP contribution >= 0.6 is 11.6 Å². The van der Waals surface area contributed by atoms with E-state index in [2.05, 4.69) is 5.16 Å². The number of hydrogen-bond acceptors (Lipinski definition) is 4. The van der Waals surface area contributed by atoms with Crippen LogP contribution in [0.15, 0.2) is 39.8 Å². The Morgan fingerprint density at radius 2 is 1.81 bits per heavy atom. The van der Waals surface area contributed by atoms with E-state index >= 15 is 0 Å². The first-order valence-corrected chi connectivity index (χ1v) is 9.27. The minimum absolute atomic E-state index is 0.194. The van der Waals surface area contributed by atoms with E-state index in [-0.39, 0.29) is 22.6 Å². The first-order valence-electron chi connectivity index (χ1n) is 7.34. The van der Waals surface area contributed by atoms with Gasteiger partial charge in [-0.3, -0.25) is 0 Å². The first-order chi connectivity index (χ1) is 12.1. The number of hydrogen-bond donors (Lipinski definition) is 1. The Labute approximate surface area is 153 Å². The van der Waals surface area contributed by atoms with E-state index in [9.17, 15) is 17.2 Å². The highest BCUT2D eigenvalue weighted by Gasteiger charge is 2.24. The van der Waals surface area contributed by atoms with Crippen LogP contribution in [0.5, 0.6) is 0 Å². The maximum Gasteiger partial charge on any atom is 0.241 e. The van der Waals surface area contributed by atoms with Crippen LogP contribution in [0.1, 0.15) is 11.3 Å². The molecule has 0 atom stereocenters. The Hall–Kier alpha value is -2.29. The van der Waals surface area contributed by atoms with Crippen molar-refractivity contribution in [3.8, 4) is 22.4 Å². The molecule has 1 aromatic heterocycles. The fourth-order valence-electron chi connectivity index (χ4n) is 2.56. The topological polar surface area (TPSA) is 86.2 Å². The Kier molecular flexibility index (Phi) is 4.60. The third-order valence-electron chi connectivity index (χ3n) is 3.91. The number of nitrogens with zero attached hydrogens (tertiary/aromatic N) is 1. The Morgan fingerprint density at radius 3 is 2.42 bits per heavy atom. The molecule has 2 N–H and O–H groups in total. The normalized spacial score (nSPS) is 11.8. The van der Waals surface area contributed by atoms with Gasteiger partial charge in [0.15, 0.2) is 0 Å². The van der Waals surface area contributed by atoms with Gasteiger partial charge in [0.2, 0.25) is 10.0 Å². The molecule has 0 unspecified atom stereocenters. The van der Waals surface area contributed by atoms with Crippen molar-refractivity contribution in [3.05, 3.63) is 58.3 Å². The molecule has 26 heavy (non-hydrogen) atoms. The van der Waals surface area contributed by atoms with E-state index in [0.717, 1.165) is 11.6 Å². The van der Waals surface area contributed by atoms with E-state index in [4.69, 9.17) is 21.3 Å². The van der Waals surface area contributed by atoms with Gasteiger partial charge < -0.3 is 4.52 Å². The van der Waals surface area contributed by atoms with Gasteiger partial charge in [-0.2, -0.15) is 0 Å². The van der Waals surface area contributed by atoms with Gasteiger partial charge >= 0.3 is 0 Å². The van der Waals surface area contributed by atoms with E-state index in [1.54, 1.807) is 18.2 Å². The molecule has 0 fully saturated rings. The average molecular weight is 399 g/mol. The number of rotatable bonds is 3. The van der Waals surface area contributed by atoms with Gasteiger partial charge in [-0.1, -0.05) is 28.9 Å². The lowest BCUT2D eigenvalue weighted by molar-refractivity contribution is 0.400. The molecule has 3 aromatic rings. The largest absolute Gasteiger partial charge is 0.360 e. The summed E-state index contributed by atoms with van der Waals surface area (Å²) < 4.78 is 56.6. The van der Waals surface area contributed by atoms with E-state index in [1.165, 1.54) is 6.92 Å². The second kappa shape index (κ2) is 6.46. The molecule has 3 rings (SSSR count). The molecule has 9 heteroatoms. The molecule has 5 nitrogen and oxygen atoms in total. The Balaban J connectivity index is 2.24. The lowest BCUT2D eigenvalue weighted by Crippen LogP contribution is -2.14. The number of nitrogens with two attached hydrogens (primary N) is 1. The van der Waals surface area contributed by atoms with Crippen LogP contribution in [0.2, 0.25) is 5.02 Å². The third-order valence-corrected chi connectivity index (χ3v) is 5.24. The molecule has 0 bridgehead atoms. The molecule has 0 aliphatic rings.